The first-order chi connectivity index (χ1) is 31.1. The number of pyridine rings is 1. The van der Waals surface area contributed by atoms with E-state index in [2.05, 4.69) is 240 Å². The smallest absolute Gasteiger partial charge is 0.269 e. The SMILES string of the molecule is CC(C)(C)c1cc(Oc2ccc3c4c(n(-c5cc(C(C)(C)C)ccn5)c3c2)-c2ccccc2-c2cccc3cccc-4c23)cc(-n2[c-][n+](-c3cccc(C(C)(C)C)c3)c3ccccc32)c1. The van der Waals surface area contributed by atoms with E-state index in [0.717, 1.165) is 56.3 Å². The number of ether oxygens (including phenoxy) is 1. The van der Waals surface area contributed by atoms with Gasteiger partial charge in [0.1, 0.15) is 17.3 Å². The third kappa shape index (κ3) is 6.84. The third-order valence-electron chi connectivity index (χ3n) is 13.2. The van der Waals surface area contributed by atoms with E-state index in [1.807, 2.05) is 6.20 Å². The lowest BCUT2D eigenvalue weighted by Crippen LogP contribution is -2.30. The van der Waals surface area contributed by atoms with Gasteiger partial charge in [0.05, 0.1) is 33.6 Å². The zero-order valence-electron chi connectivity index (χ0n) is 38.8. The van der Waals surface area contributed by atoms with Crippen LogP contribution in [0.1, 0.15) is 79.0 Å². The Hall–Kier alpha value is -7.24. The highest BCUT2D eigenvalue weighted by Gasteiger charge is 2.30. The summed E-state index contributed by atoms with van der Waals surface area (Å²) in [6, 6.07) is 57.2. The van der Waals surface area contributed by atoms with Crippen LogP contribution in [0.3, 0.4) is 0 Å². The summed E-state index contributed by atoms with van der Waals surface area (Å²) in [6.07, 6.45) is 5.72. The van der Waals surface area contributed by atoms with Gasteiger partial charge in [-0.15, -0.1) is 0 Å². The van der Waals surface area contributed by atoms with Crippen LogP contribution in [0.4, 0.5) is 0 Å². The average molecular weight is 847 g/mol. The van der Waals surface area contributed by atoms with Crippen LogP contribution in [0.2, 0.25) is 0 Å². The highest BCUT2D eigenvalue weighted by atomic mass is 16.5. The summed E-state index contributed by atoms with van der Waals surface area (Å²) in [5.41, 5.74) is 15.9. The number of benzene rings is 7. The second-order valence-corrected chi connectivity index (χ2v) is 20.8. The van der Waals surface area contributed by atoms with E-state index in [0.29, 0.717) is 0 Å². The van der Waals surface area contributed by atoms with E-state index < -0.39 is 0 Å². The van der Waals surface area contributed by atoms with Crippen molar-refractivity contribution in [2.24, 2.45) is 0 Å². The molecule has 1 aliphatic rings. The first-order valence-corrected chi connectivity index (χ1v) is 22.8. The lowest BCUT2D eigenvalue weighted by Gasteiger charge is -2.22. The van der Waals surface area contributed by atoms with Crippen LogP contribution in [-0.2, 0) is 16.2 Å². The fourth-order valence-electron chi connectivity index (χ4n) is 9.70. The monoisotopic (exact) mass is 846 g/mol. The molecular weight excluding hydrogens is 793 g/mol. The molecule has 0 atom stereocenters. The zero-order chi connectivity index (χ0) is 45.0. The van der Waals surface area contributed by atoms with Gasteiger partial charge in [-0.2, -0.15) is 0 Å². The largest absolute Gasteiger partial charge is 0.458 e. The average Bonchev–Trinajstić information content (AvgIpc) is 3.81. The van der Waals surface area contributed by atoms with Crippen LogP contribution in [0.25, 0.3) is 83.4 Å². The molecule has 5 nitrogen and oxygen atoms in total. The van der Waals surface area contributed by atoms with Gasteiger partial charge in [0.15, 0.2) is 0 Å². The first-order valence-electron chi connectivity index (χ1n) is 22.8. The number of aromatic nitrogens is 4. The molecule has 3 heterocycles. The van der Waals surface area contributed by atoms with Gasteiger partial charge < -0.3 is 4.74 Å². The van der Waals surface area contributed by atoms with Gasteiger partial charge in [-0.3, -0.25) is 13.7 Å². The van der Waals surface area contributed by atoms with Crippen molar-refractivity contribution in [3.8, 4) is 62.2 Å². The van der Waals surface area contributed by atoms with Crippen LogP contribution in [-0.4, -0.2) is 14.1 Å². The van der Waals surface area contributed by atoms with Gasteiger partial charge in [-0.1, -0.05) is 159 Å². The molecule has 0 radical (unpaired) electrons. The highest BCUT2D eigenvalue weighted by molar-refractivity contribution is 6.19. The van der Waals surface area contributed by atoms with Crippen LogP contribution >= 0.6 is 0 Å². The number of hydrogen-bond acceptors (Lipinski definition) is 2. The first kappa shape index (κ1) is 40.5. The predicted octanol–water partition coefficient (Wildman–Crippen LogP) is 15.2. The molecule has 11 rings (SSSR count). The van der Waals surface area contributed by atoms with Gasteiger partial charge in [-0.05, 0) is 115 Å². The van der Waals surface area contributed by atoms with Gasteiger partial charge in [0.2, 0.25) is 0 Å². The second-order valence-electron chi connectivity index (χ2n) is 20.8. The standard InChI is InChI=1S/C60H54N4O/c1-58(2,3)39-19-16-20-42(31-39)62-37-63(52-26-13-12-25-51(52)62)43-32-41(60(7,8)9)33-45(35-43)65-44-27-28-49-53(36-44)64(54-34-40(29-30-61-54)59(4,5)6)57-48-22-11-10-21-46(48)47-23-14-17-38-18-15-24-50(55(38)47)56(49)57/h10-36H,1-9H3. The van der Waals surface area contributed by atoms with Crippen molar-refractivity contribution in [3.63, 3.8) is 0 Å². The van der Waals surface area contributed by atoms with Crippen LogP contribution in [0.5, 0.6) is 11.5 Å². The number of imidazole rings is 1. The Kier molecular flexibility index (Phi) is 9.13. The highest BCUT2D eigenvalue weighted by Crippen LogP contribution is 2.52. The number of fused-ring (bicyclic) bond motifs is 8. The third-order valence-corrected chi connectivity index (χ3v) is 13.2. The number of nitrogens with zero attached hydrogens (tertiary/aromatic N) is 4. The second kappa shape index (κ2) is 14.6. The minimum atomic E-state index is -0.154. The van der Waals surface area contributed by atoms with E-state index >= 15 is 0 Å². The fourth-order valence-corrected chi connectivity index (χ4v) is 9.70. The molecule has 3 aromatic heterocycles. The normalized spacial score (nSPS) is 12.7. The van der Waals surface area contributed by atoms with E-state index in [4.69, 9.17) is 9.72 Å². The minimum Gasteiger partial charge on any atom is -0.458 e. The Morgan fingerprint density at radius 2 is 1.20 bits per heavy atom. The Morgan fingerprint density at radius 3 is 1.97 bits per heavy atom. The summed E-state index contributed by atoms with van der Waals surface area (Å²) in [5, 5.41) is 3.63. The zero-order valence-corrected chi connectivity index (χ0v) is 38.8. The van der Waals surface area contributed by atoms with Gasteiger partial charge in [-0.25, -0.2) is 4.98 Å². The van der Waals surface area contributed by atoms with Crippen molar-refractivity contribution in [2.75, 3.05) is 0 Å². The molecule has 0 N–H and O–H groups in total. The number of rotatable bonds is 5. The molecule has 0 fully saturated rings. The van der Waals surface area contributed by atoms with E-state index in [9.17, 15) is 0 Å². The minimum absolute atomic E-state index is 0.0163. The molecule has 5 heteroatoms. The van der Waals surface area contributed by atoms with Crippen molar-refractivity contribution >= 4 is 32.7 Å². The molecule has 320 valence electrons. The van der Waals surface area contributed by atoms with Gasteiger partial charge in [0.25, 0.3) is 6.33 Å². The lowest BCUT2D eigenvalue weighted by atomic mass is 9.86. The van der Waals surface area contributed by atoms with Crippen molar-refractivity contribution < 1.29 is 9.30 Å². The summed E-state index contributed by atoms with van der Waals surface area (Å²) in [4.78, 5) is 5.13. The van der Waals surface area contributed by atoms with Crippen molar-refractivity contribution in [1.82, 2.24) is 14.1 Å². The Bertz CT molecular complexity index is 3520. The predicted molar refractivity (Wildman–Crippen MR) is 268 cm³/mol. The molecule has 7 aromatic carbocycles. The Balaban J connectivity index is 1.12. The maximum Gasteiger partial charge on any atom is 0.269 e. The van der Waals surface area contributed by atoms with E-state index in [-0.39, 0.29) is 16.2 Å². The molecular formula is C60H54N4O. The van der Waals surface area contributed by atoms with Crippen molar-refractivity contribution in [3.05, 3.63) is 187 Å². The molecule has 0 saturated carbocycles. The van der Waals surface area contributed by atoms with Crippen LogP contribution < -0.4 is 9.30 Å². The van der Waals surface area contributed by atoms with E-state index in [1.165, 1.54) is 55.3 Å². The molecule has 0 aliphatic heterocycles. The maximum atomic E-state index is 7.08. The maximum absolute atomic E-state index is 7.08. The molecule has 0 saturated heterocycles. The fraction of sp³-hybridized carbons (Fsp3) is 0.200. The summed E-state index contributed by atoms with van der Waals surface area (Å²) in [6.45, 7) is 20.3. The van der Waals surface area contributed by atoms with Crippen molar-refractivity contribution in [1.29, 1.82) is 0 Å². The molecule has 0 bridgehead atoms. The molecule has 10 aromatic rings. The topological polar surface area (TPSA) is 35.9 Å². The van der Waals surface area contributed by atoms with Crippen LogP contribution in [0, 0.1) is 6.33 Å². The summed E-state index contributed by atoms with van der Waals surface area (Å²) >= 11 is 0. The quantitative estimate of drug-likeness (QED) is 0.128. The molecule has 65 heavy (non-hydrogen) atoms. The Labute approximate surface area is 382 Å². The summed E-state index contributed by atoms with van der Waals surface area (Å²) in [7, 11) is 0. The van der Waals surface area contributed by atoms with Crippen LogP contribution in [0.15, 0.2) is 164 Å². The van der Waals surface area contributed by atoms with Crippen molar-refractivity contribution in [2.45, 2.75) is 78.6 Å². The van der Waals surface area contributed by atoms with Gasteiger partial charge in [0, 0.05) is 28.8 Å². The van der Waals surface area contributed by atoms with E-state index in [1.54, 1.807) is 0 Å². The molecule has 0 unspecified atom stereocenters. The Morgan fingerprint density at radius 1 is 0.523 bits per heavy atom. The summed E-state index contributed by atoms with van der Waals surface area (Å²) in [5.74, 6) is 2.38. The molecule has 0 spiro atoms. The number of para-hydroxylation sites is 2. The summed E-state index contributed by atoms with van der Waals surface area (Å²) < 4.78 is 13.8. The van der Waals surface area contributed by atoms with Gasteiger partial charge >= 0.3 is 0 Å². The molecule has 0 amide bonds. The number of hydrogen-bond donors (Lipinski definition) is 0. The lowest BCUT2D eigenvalue weighted by molar-refractivity contribution is -0.572. The molecule has 1 aliphatic carbocycles.